The number of esters is 1. The van der Waals surface area contributed by atoms with Crippen LogP contribution < -0.4 is 14.9 Å². The lowest BCUT2D eigenvalue weighted by atomic mass is 9.83. The van der Waals surface area contributed by atoms with Crippen molar-refractivity contribution in [3.63, 3.8) is 0 Å². The van der Waals surface area contributed by atoms with Gasteiger partial charge in [-0.1, -0.05) is 77.5 Å². The molecule has 0 amide bonds. The predicted molar refractivity (Wildman–Crippen MR) is 142 cm³/mol. The summed E-state index contributed by atoms with van der Waals surface area (Å²) in [6.45, 7) is 0. The largest absolute Gasteiger partial charge is 0.465 e. The average molecular weight is 513 g/mol. The molecule has 2 aliphatic rings. The Morgan fingerprint density at radius 3 is 2.58 bits per heavy atom. The van der Waals surface area contributed by atoms with Crippen LogP contribution >= 0.6 is 22.9 Å². The van der Waals surface area contributed by atoms with Crippen molar-refractivity contribution in [2.45, 2.75) is 18.9 Å². The summed E-state index contributed by atoms with van der Waals surface area (Å²) in [7, 11) is 1.36. The van der Waals surface area contributed by atoms with Crippen LogP contribution in [0, 0.1) is 0 Å². The van der Waals surface area contributed by atoms with Crippen molar-refractivity contribution in [2.75, 3.05) is 7.11 Å². The van der Waals surface area contributed by atoms with Gasteiger partial charge in [0, 0.05) is 10.6 Å². The van der Waals surface area contributed by atoms with Crippen LogP contribution in [0.3, 0.4) is 0 Å². The summed E-state index contributed by atoms with van der Waals surface area (Å²) in [6, 6.07) is 22.8. The van der Waals surface area contributed by atoms with Crippen molar-refractivity contribution >= 4 is 40.7 Å². The number of carbonyl (C=O) groups excluding carboxylic acids is 1. The third kappa shape index (κ3) is 3.74. The Balaban J connectivity index is 1.60. The zero-order valence-electron chi connectivity index (χ0n) is 19.4. The molecule has 1 atom stereocenters. The first kappa shape index (κ1) is 22.7. The maximum absolute atomic E-state index is 13.8. The van der Waals surface area contributed by atoms with Crippen LogP contribution in [0.5, 0.6) is 0 Å². The van der Waals surface area contributed by atoms with E-state index in [1.807, 2.05) is 54.6 Å². The molecular formula is C29H21ClN2O3S. The molecule has 0 saturated carbocycles. The predicted octanol–water partition coefficient (Wildman–Crippen LogP) is 4.76. The van der Waals surface area contributed by atoms with Crippen molar-refractivity contribution in [1.82, 2.24) is 4.57 Å². The van der Waals surface area contributed by atoms with Gasteiger partial charge in [0.1, 0.15) is 0 Å². The molecule has 1 aromatic heterocycles. The third-order valence-electron chi connectivity index (χ3n) is 6.71. The number of nitrogens with zero attached hydrogens (tertiary/aromatic N) is 2. The lowest BCUT2D eigenvalue weighted by Gasteiger charge is -2.30. The lowest BCUT2D eigenvalue weighted by molar-refractivity contribution is 0.0600. The van der Waals surface area contributed by atoms with Crippen molar-refractivity contribution in [1.29, 1.82) is 0 Å². The number of aromatic nitrogens is 1. The van der Waals surface area contributed by atoms with Crippen LogP contribution in [0.25, 0.3) is 11.8 Å². The maximum Gasteiger partial charge on any atom is 0.337 e. The number of hydrogen-bond acceptors (Lipinski definition) is 5. The van der Waals surface area contributed by atoms with E-state index >= 15 is 0 Å². The second-order valence-electron chi connectivity index (χ2n) is 8.75. The monoisotopic (exact) mass is 512 g/mol. The molecular weight excluding hydrogens is 492 g/mol. The van der Waals surface area contributed by atoms with E-state index < -0.39 is 5.97 Å². The molecule has 0 saturated heterocycles. The normalized spacial score (nSPS) is 16.6. The van der Waals surface area contributed by atoms with E-state index in [-0.39, 0.29) is 11.6 Å². The number of carbonyl (C=O) groups is 1. The van der Waals surface area contributed by atoms with Gasteiger partial charge in [-0.2, -0.15) is 0 Å². The molecule has 0 spiro atoms. The van der Waals surface area contributed by atoms with Gasteiger partial charge in [0.05, 0.1) is 28.9 Å². The quantitative estimate of drug-likeness (QED) is 0.372. The highest BCUT2D eigenvalue weighted by Gasteiger charge is 2.32. The molecule has 1 aliphatic heterocycles. The van der Waals surface area contributed by atoms with Gasteiger partial charge in [-0.05, 0) is 59.4 Å². The Labute approximate surface area is 216 Å². The summed E-state index contributed by atoms with van der Waals surface area (Å²) >= 11 is 7.75. The van der Waals surface area contributed by atoms with Gasteiger partial charge in [-0.15, -0.1) is 0 Å². The van der Waals surface area contributed by atoms with E-state index in [1.54, 1.807) is 16.7 Å². The number of benzene rings is 3. The average Bonchev–Trinajstić information content (AvgIpc) is 3.22. The Bertz CT molecular complexity index is 1730. The minimum atomic E-state index is -0.392. The van der Waals surface area contributed by atoms with E-state index in [0.29, 0.717) is 19.9 Å². The standard InChI is InChI=1S/C29H21ClN2O3S/c1-35-28(34)19-12-10-18(11-13-19)26-22-15-14-17-6-2-4-8-21(17)25(22)31-29-32(26)27(33)24(36-29)16-20-7-3-5-9-23(20)30/h2-13,16,26H,14-15H2,1H3. The number of aryl methyl sites for hydroxylation is 1. The molecule has 0 radical (unpaired) electrons. The van der Waals surface area contributed by atoms with Crippen LogP contribution in [0.1, 0.15) is 45.1 Å². The van der Waals surface area contributed by atoms with Crippen molar-refractivity contribution in [2.24, 2.45) is 4.99 Å². The molecule has 7 heteroatoms. The highest BCUT2D eigenvalue weighted by molar-refractivity contribution is 7.07. The number of fused-ring (bicyclic) bond motifs is 3. The fourth-order valence-corrected chi connectivity index (χ4v) is 6.16. The minimum absolute atomic E-state index is 0.105. The van der Waals surface area contributed by atoms with Crippen LogP contribution in [-0.4, -0.2) is 17.6 Å². The summed E-state index contributed by atoms with van der Waals surface area (Å²) in [4.78, 5) is 31.5. The molecule has 6 rings (SSSR count). The molecule has 178 valence electrons. The van der Waals surface area contributed by atoms with E-state index in [9.17, 15) is 9.59 Å². The minimum Gasteiger partial charge on any atom is -0.465 e. The van der Waals surface area contributed by atoms with Gasteiger partial charge in [-0.25, -0.2) is 9.79 Å². The molecule has 0 N–H and O–H groups in total. The van der Waals surface area contributed by atoms with Crippen molar-refractivity contribution in [3.05, 3.63) is 131 Å². The van der Waals surface area contributed by atoms with Crippen LogP contribution in [0.15, 0.2) is 88.2 Å². The summed E-state index contributed by atoms with van der Waals surface area (Å²) < 4.78 is 7.22. The van der Waals surface area contributed by atoms with Gasteiger partial charge in [0.25, 0.3) is 5.56 Å². The lowest BCUT2D eigenvalue weighted by Crippen LogP contribution is -2.38. The number of rotatable bonds is 3. The van der Waals surface area contributed by atoms with Crippen LogP contribution in [-0.2, 0) is 11.2 Å². The van der Waals surface area contributed by atoms with E-state index in [1.165, 1.54) is 24.0 Å². The number of methoxy groups -OCH3 is 1. The zero-order valence-corrected chi connectivity index (χ0v) is 21.0. The SMILES string of the molecule is COC(=O)c1ccc(C2C3=C(N=c4sc(=Cc5ccccc5Cl)c(=O)n42)c2ccccc2CC3)cc1. The smallest absolute Gasteiger partial charge is 0.337 e. The van der Waals surface area contributed by atoms with Gasteiger partial charge >= 0.3 is 5.97 Å². The maximum atomic E-state index is 13.8. The van der Waals surface area contributed by atoms with Gasteiger partial charge in [-0.3, -0.25) is 9.36 Å². The second-order valence-corrected chi connectivity index (χ2v) is 10.2. The number of hydrogen-bond donors (Lipinski definition) is 0. The zero-order chi connectivity index (χ0) is 24.8. The molecule has 4 aromatic rings. The fourth-order valence-electron chi connectivity index (χ4n) is 4.98. The molecule has 5 nitrogen and oxygen atoms in total. The van der Waals surface area contributed by atoms with Crippen molar-refractivity contribution in [3.8, 4) is 0 Å². The summed E-state index contributed by atoms with van der Waals surface area (Å²) in [5, 5.41) is 0.589. The van der Waals surface area contributed by atoms with Crippen molar-refractivity contribution < 1.29 is 9.53 Å². The highest BCUT2D eigenvalue weighted by Crippen LogP contribution is 2.41. The first-order valence-corrected chi connectivity index (χ1v) is 12.8. The highest BCUT2D eigenvalue weighted by atomic mass is 35.5. The molecule has 1 aliphatic carbocycles. The Kier molecular flexibility index (Phi) is 5.70. The topological polar surface area (TPSA) is 60.7 Å². The first-order valence-electron chi connectivity index (χ1n) is 11.6. The van der Waals surface area contributed by atoms with E-state index in [4.69, 9.17) is 21.3 Å². The molecule has 36 heavy (non-hydrogen) atoms. The van der Waals surface area contributed by atoms with Gasteiger partial charge < -0.3 is 4.74 Å². The molecule has 1 unspecified atom stereocenters. The molecule has 2 heterocycles. The van der Waals surface area contributed by atoms with Gasteiger partial charge in [0.2, 0.25) is 0 Å². The second kappa shape index (κ2) is 9.04. The summed E-state index contributed by atoms with van der Waals surface area (Å²) in [5.41, 5.74) is 6.49. The Hall–Kier alpha value is -3.74. The number of halogens is 1. The van der Waals surface area contributed by atoms with E-state index in [0.717, 1.165) is 40.8 Å². The first-order chi connectivity index (χ1) is 17.5. The Morgan fingerprint density at radius 1 is 1.06 bits per heavy atom. The van der Waals surface area contributed by atoms with Crippen LogP contribution in [0.4, 0.5) is 0 Å². The number of allylic oxidation sites excluding steroid dienone is 1. The third-order valence-corrected chi connectivity index (χ3v) is 8.04. The summed E-state index contributed by atoms with van der Waals surface area (Å²) in [5.74, 6) is -0.392. The molecule has 0 fully saturated rings. The number of thiazole rings is 1. The fraction of sp³-hybridized carbons (Fsp3) is 0.138. The molecule has 3 aromatic carbocycles. The van der Waals surface area contributed by atoms with Gasteiger partial charge in [0.15, 0.2) is 4.80 Å². The Morgan fingerprint density at radius 2 is 1.81 bits per heavy atom. The van der Waals surface area contributed by atoms with Crippen LogP contribution in [0.2, 0.25) is 5.02 Å². The van der Waals surface area contributed by atoms with E-state index in [2.05, 4.69) is 12.1 Å². The summed E-state index contributed by atoms with van der Waals surface area (Å²) in [6.07, 6.45) is 3.51. The molecule has 0 bridgehead atoms. The number of ether oxygens (including phenoxy) is 1.